The van der Waals surface area contributed by atoms with Crippen LogP contribution in [0.3, 0.4) is 0 Å². The molecule has 4 aromatic rings. The zero-order chi connectivity index (χ0) is 28.7. The number of hydrogen-bond acceptors (Lipinski definition) is 2. The van der Waals surface area contributed by atoms with Crippen LogP contribution in [0.1, 0.15) is 112 Å². The van der Waals surface area contributed by atoms with Gasteiger partial charge in [0.25, 0.3) is 0 Å². The molecule has 0 N–H and O–H groups in total. The molecule has 2 aliphatic heterocycles. The first-order chi connectivity index (χ1) is 19.8. The molecule has 0 saturated carbocycles. The van der Waals surface area contributed by atoms with Crippen molar-refractivity contribution in [3.8, 4) is 0 Å². The second-order valence-electron chi connectivity index (χ2n) is 12.1. The molecule has 6 rings (SSSR count). The molecule has 42 heavy (non-hydrogen) atoms. The molecular weight excluding hydrogens is 696 g/mol. The SMILES string of the molecule is CCC(C)c1cc[n+]2c(c1)C(c1[c-]cccc1)N=C2C(C)(C)C1=NC(c2[c-]cccc2)c2cc(C(C)CC)cc[n+]21.[Pt+2]. The fraction of sp³-hybridized carbons (Fsp3) is 0.351. The van der Waals surface area contributed by atoms with Crippen LogP contribution in [0.15, 0.2) is 95.2 Å². The van der Waals surface area contributed by atoms with E-state index in [9.17, 15) is 0 Å². The van der Waals surface area contributed by atoms with Gasteiger partial charge in [0.15, 0.2) is 16.8 Å². The minimum Gasteiger partial charge on any atom is -0.199 e. The quantitative estimate of drug-likeness (QED) is 0.134. The Bertz CT molecular complexity index is 1500. The normalized spacial score (nSPS) is 18.8. The summed E-state index contributed by atoms with van der Waals surface area (Å²) in [6.45, 7) is 13.6. The first kappa shape index (κ1) is 30.2. The standard InChI is InChI=1S/C37H40N4.Pt/c1-7-25(3)29-19-21-40-31(23-29)33(27-15-11-9-12-16-27)38-35(40)37(5,6)36-39-34(28-17-13-10-14-18-28)32-24-30(26(4)8-2)20-22-41(32)36;/h9-15,17,19-26,33-34H,7-8H2,1-6H3;/q;+2. The Kier molecular flexibility index (Phi) is 8.76. The van der Waals surface area contributed by atoms with Crippen LogP contribution in [0.25, 0.3) is 0 Å². The fourth-order valence-electron chi connectivity index (χ4n) is 6.10. The van der Waals surface area contributed by atoms with Crippen molar-refractivity contribution in [1.29, 1.82) is 0 Å². The van der Waals surface area contributed by atoms with Crippen molar-refractivity contribution in [2.24, 2.45) is 15.4 Å². The molecule has 0 radical (unpaired) electrons. The van der Waals surface area contributed by atoms with Gasteiger partial charge in [0, 0.05) is 0 Å². The molecule has 4 atom stereocenters. The van der Waals surface area contributed by atoms with Crippen LogP contribution in [0, 0.1) is 17.5 Å². The van der Waals surface area contributed by atoms with Crippen molar-refractivity contribution in [2.45, 2.75) is 78.3 Å². The van der Waals surface area contributed by atoms with Crippen LogP contribution >= 0.6 is 0 Å². The molecule has 4 unspecified atom stereocenters. The minimum absolute atomic E-state index is 0. The topological polar surface area (TPSA) is 32.5 Å². The molecule has 2 aromatic carbocycles. The van der Waals surface area contributed by atoms with Crippen LogP contribution in [-0.4, -0.2) is 11.7 Å². The number of pyridine rings is 2. The van der Waals surface area contributed by atoms with E-state index in [2.05, 4.69) is 124 Å². The van der Waals surface area contributed by atoms with Gasteiger partial charge in [-0.25, -0.2) is 0 Å². The predicted molar refractivity (Wildman–Crippen MR) is 164 cm³/mol. The van der Waals surface area contributed by atoms with Crippen molar-refractivity contribution < 1.29 is 30.2 Å². The summed E-state index contributed by atoms with van der Waals surface area (Å²) in [6, 6.07) is 32.4. The molecule has 0 fully saturated rings. The zero-order valence-electron chi connectivity index (χ0n) is 25.4. The van der Waals surface area contributed by atoms with Gasteiger partial charge in [-0.05, 0) is 73.9 Å². The number of nitrogens with zero attached hydrogens (tertiary/aromatic N) is 4. The van der Waals surface area contributed by atoms with E-state index in [1.54, 1.807) is 0 Å². The maximum absolute atomic E-state index is 5.44. The number of fused-ring (bicyclic) bond motifs is 2. The Morgan fingerprint density at radius 2 is 1.14 bits per heavy atom. The van der Waals surface area contributed by atoms with Gasteiger partial charge < -0.3 is 0 Å². The largest absolute Gasteiger partial charge is 2.00 e. The summed E-state index contributed by atoms with van der Waals surface area (Å²) in [5.41, 5.74) is 6.79. The summed E-state index contributed by atoms with van der Waals surface area (Å²) in [4.78, 5) is 10.9. The second-order valence-corrected chi connectivity index (χ2v) is 12.1. The van der Waals surface area contributed by atoms with Gasteiger partial charge in [0.1, 0.15) is 0 Å². The van der Waals surface area contributed by atoms with Crippen molar-refractivity contribution >= 4 is 11.7 Å². The van der Waals surface area contributed by atoms with E-state index in [1.807, 2.05) is 24.3 Å². The third kappa shape index (κ3) is 5.24. The van der Waals surface area contributed by atoms with Crippen LogP contribution in [-0.2, 0) is 21.1 Å². The Morgan fingerprint density at radius 1 is 0.714 bits per heavy atom. The third-order valence-corrected chi connectivity index (χ3v) is 9.07. The Labute approximate surface area is 265 Å². The average molecular weight is 736 g/mol. The third-order valence-electron chi connectivity index (χ3n) is 9.07. The summed E-state index contributed by atoms with van der Waals surface area (Å²) in [6.07, 6.45) is 6.64. The maximum Gasteiger partial charge on any atom is 2.00 e. The number of rotatable bonds is 8. The van der Waals surface area contributed by atoms with Crippen molar-refractivity contribution in [3.05, 3.63) is 131 Å². The average Bonchev–Trinajstić information content (AvgIpc) is 3.60. The number of aliphatic imine (C=N–C) groups is 2. The zero-order valence-corrected chi connectivity index (χ0v) is 27.7. The molecule has 0 aliphatic carbocycles. The molecule has 216 valence electrons. The van der Waals surface area contributed by atoms with Gasteiger partial charge in [-0.2, -0.15) is 69.8 Å². The van der Waals surface area contributed by atoms with Crippen molar-refractivity contribution in [2.75, 3.05) is 0 Å². The van der Waals surface area contributed by atoms with E-state index in [0.29, 0.717) is 11.8 Å². The Morgan fingerprint density at radius 3 is 1.50 bits per heavy atom. The van der Waals surface area contributed by atoms with E-state index in [-0.39, 0.29) is 33.1 Å². The van der Waals surface area contributed by atoms with Crippen LogP contribution in [0.2, 0.25) is 0 Å². The smallest absolute Gasteiger partial charge is 0.199 e. The fourth-order valence-corrected chi connectivity index (χ4v) is 6.10. The van der Waals surface area contributed by atoms with E-state index in [4.69, 9.17) is 9.98 Å². The van der Waals surface area contributed by atoms with Gasteiger partial charge >= 0.3 is 32.7 Å². The van der Waals surface area contributed by atoms with E-state index in [1.165, 1.54) is 22.5 Å². The number of aromatic nitrogens is 2. The molecule has 4 nitrogen and oxygen atoms in total. The summed E-state index contributed by atoms with van der Waals surface area (Å²) in [5.74, 6) is 2.99. The van der Waals surface area contributed by atoms with Gasteiger partial charge in [0.2, 0.25) is 12.1 Å². The summed E-state index contributed by atoms with van der Waals surface area (Å²) in [5, 5.41) is 0. The van der Waals surface area contributed by atoms with Crippen LogP contribution < -0.4 is 9.13 Å². The maximum atomic E-state index is 5.44. The summed E-state index contributed by atoms with van der Waals surface area (Å²) >= 11 is 0. The molecule has 0 saturated heterocycles. The second kappa shape index (κ2) is 12.2. The van der Waals surface area contributed by atoms with Crippen molar-refractivity contribution in [1.82, 2.24) is 0 Å². The Balaban J connectivity index is 0.00000353. The van der Waals surface area contributed by atoms with E-state index in [0.717, 1.165) is 35.6 Å². The summed E-state index contributed by atoms with van der Waals surface area (Å²) < 4.78 is 4.60. The molecular formula is C37H40N4Pt+2. The summed E-state index contributed by atoms with van der Waals surface area (Å²) in [7, 11) is 0. The molecule has 0 amide bonds. The van der Waals surface area contributed by atoms with E-state index >= 15 is 0 Å². The van der Waals surface area contributed by atoms with Crippen LogP contribution in [0.5, 0.6) is 0 Å². The first-order valence-corrected chi connectivity index (χ1v) is 15.0. The van der Waals surface area contributed by atoms with Gasteiger partial charge in [0.05, 0.1) is 12.4 Å². The van der Waals surface area contributed by atoms with E-state index < -0.39 is 5.41 Å². The molecule has 0 spiro atoms. The minimum atomic E-state index is -0.471. The molecule has 2 aromatic heterocycles. The van der Waals surface area contributed by atoms with Crippen molar-refractivity contribution in [3.63, 3.8) is 0 Å². The predicted octanol–water partition coefficient (Wildman–Crippen LogP) is 7.31. The van der Waals surface area contributed by atoms with Gasteiger partial charge in [-0.1, -0.05) is 37.7 Å². The first-order valence-electron chi connectivity index (χ1n) is 15.0. The number of benzene rings is 2. The van der Waals surface area contributed by atoms with Gasteiger partial charge in [-0.3, -0.25) is 0 Å². The molecule has 5 heteroatoms. The number of hydrogen-bond donors (Lipinski definition) is 0. The molecule has 4 heterocycles. The van der Waals surface area contributed by atoms with Gasteiger partial charge in [-0.15, -0.1) is 11.1 Å². The molecule has 2 aliphatic rings. The Hall–Kier alpha value is -3.23. The monoisotopic (exact) mass is 735 g/mol. The van der Waals surface area contributed by atoms with Crippen LogP contribution in [0.4, 0.5) is 0 Å². The molecule has 0 bridgehead atoms.